The second kappa shape index (κ2) is 3.39. The Bertz CT molecular complexity index is 416. The van der Waals surface area contributed by atoms with E-state index in [2.05, 4.69) is 16.4 Å². The highest BCUT2D eigenvalue weighted by molar-refractivity contribution is 5.47. The standard InChI is InChI=1S/C11H13N3/c1-7-9-3-4-13-6-11(9)14-8(2)10(7)5-12/h13H,3-4,6H2,1-2H3. The monoisotopic (exact) mass is 187 g/mol. The molecule has 3 nitrogen and oxygen atoms in total. The normalized spacial score (nSPS) is 14.6. The van der Waals surface area contributed by atoms with Crippen molar-refractivity contribution in [1.29, 1.82) is 5.26 Å². The molecule has 0 radical (unpaired) electrons. The first-order valence-electron chi connectivity index (χ1n) is 4.84. The first kappa shape index (κ1) is 9.17. The third-order valence-corrected chi connectivity index (χ3v) is 2.80. The maximum Gasteiger partial charge on any atom is 0.101 e. The van der Waals surface area contributed by atoms with E-state index in [1.165, 1.54) is 5.56 Å². The van der Waals surface area contributed by atoms with Crippen LogP contribution in [0.5, 0.6) is 0 Å². The molecule has 0 fully saturated rings. The fourth-order valence-electron chi connectivity index (χ4n) is 2.03. The minimum Gasteiger partial charge on any atom is -0.311 e. The van der Waals surface area contributed by atoms with Crippen molar-refractivity contribution in [2.75, 3.05) is 6.54 Å². The van der Waals surface area contributed by atoms with Gasteiger partial charge in [-0.25, -0.2) is 0 Å². The molecule has 0 atom stereocenters. The molecular weight excluding hydrogens is 174 g/mol. The summed E-state index contributed by atoms with van der Waals surface area (Å²) in [7, 11) is 0. The maximum absolute atomic E-state index is 9.00. The van der Waals surface area contributed by atoms with E-state index in [1.807, 2.05) is 13.8 Å². The quantitative estimate of drug-likeness (QED) is 0.664. The molecule has 72 valence electrons. The Morgan fingerprint density at radius 1 is 1.43 bits per heavy atom. The number of nitriles is 1. The number of hydrogen-bond donors (Lipinski definition) is 1. The van der Waals surface area contributed by atoms with Crippen LogP contribution >= 0.6 is 0 Å². The van der Waals surface area contributed by atoms with Gasteiger partial charge in [-0.05, 0) is 37.9 Å². The highest BCUT2D eigenvalue weighted by atomic mass is 14.9. The Balaban J connectivity index is 2.65. The molecule has 1 aromatic heterocycles. The third kappa shape index (κ3) is 1.28. The molecule has 2 heterocycles. The molecule has 0 amide bonds. The van der Waals surface area contributed by atoms with Crippen LogP contribution in [0.3, 0.4) is 0 Å². The first-order chi connectivity index (χ1) is 6.74. The summed E-state index contributed by atoms with van der Waals surface area (Å²) in [5.41, 5.74) is 5.12. The van der Waals surface area contributed by atoms with Gasteiger partial charge in [0.15, 0.2) is 0 Å². The molecule has 0 bridgehead atoms. The van der Waals surface area contributed by atoms with Gasteiger partial charge in [0.25, 0.3) is 0 Å². The van der Waals surface area contributed by atoms with E-state index in [0.717, 1.165) is 42.0 Å². The van der Waals surface area contributed by atoms with Gasteiger partial charge >= 0.3 is 0 Å². The van der Waals surface area contributed by atoms with E-state index in [1.54, 1.807) is 0 Å². The van der Waals surface area contributed by atoms with Crippen LogP contribution in [0.15, 0.2) is 0 Å². The number of fused-ring (bicyclic) bond motifs is 1. The summed E-state index contributed by atoms with van der Waals surface area (Å²) in [5, 5.41) is 12.3. The van der Waals surface area contributed by atoms with Gasteiger partial charge in [0.2, 0.25) is 0 Å². The Hall–Kier alpha value is -1.40. The lowest BCUT2D eigenvalue weighted by Crippen LogP contribution is -2.26. The van der Waals surface area contributed by atoms with Gasteiger partial charge < -0.3 is 5.32 Å². The van der Waals surface area contributed by atoms with E-state index in [4.69, 9.17) is 5.26 Å². The molecule has 14 heavy (non-hydrogen) atoms. The number of aryl methyl sites for hydroxylation is 1. The molecule has 1 aromatic rings. The van der Waals surface area contributed by atoms with Gasteiger partial charge in [0.1, 0.15) is 6.07 Å². The van der Waals surface area contributed by atoms with Crippen LogP contribution in [0.1, 0.15) is 28.1 Å². The Labute approximate surface area is 83.8 Å². The predicted molar refractivity (Wildman–Crippen MR) is 53.8 cm³/mol. The molecule has 3 heteroatoms. The summed E-state index contributed by atoms with van der Waals surface area (Å²) in [6, 6.07) is 2.23. The number of aromatic nitrogens is 1. The van der Waals surface area contributed by atoms with Crippen molar-refractivity contribution in [2.45, 2.75) is 26.8 Å². The summed E-state index contributed by atoms with van der Waals surface area (Å²) in [4.78, 5) is 4.46. The molecule has 0 spiro atoms. The second-order valence-corrected chi connectivity index (χ2v) is 3.66. The summed E-state index contributed by atoms with van der Waals surface area (Å²) >= 11 is 0. The Morgan fingerprint density at radius 2 is 2.21 bits per heavy atom. The lowest BCUT2D eigenvalue weighted by molar-refractivity contribution is 0.622. The van der Waals surface area contributed by atoms with Gasteiger partial charge in [-0.1, -0.05) is 0 Å². The molecule has 1 N–H and O–H groups in total. The van der Waals surface area contributed by atoms with Gasteiger partial charge in [-0.15, -0.1) is 0 Å². The zero-order valence-corrected chi connectivity index (χ0v) is 8.52. The summed E-state index contributed by atoms with van der Waals surface area (Å²) in [6.45, 7) is 5.75. The maximum atomic E-state index is 9.00. The zero-order chi connectivity index (χ0) is 10.1. The number of nitrogens with zero attached hydrogens (tertiary/aromatic N) is 2. The van der Waals surface area contributed by atoms with E-state index in [9.17, 15) is 0 Å². The average molecular weight is 187 g/mol. The van der Waals surface area contributed by atoms with E-state index >= 15 is 0 Å². The summed E-state index contributed by atoms with van der Waals surface area (Å²) in [6.07, 6.45) is 0.989. The number of nitrogens with one attached hydrogen (secondary N) is 1. The van der Waals surface area contributed by atoms with Crippen LogP contribution in [0.4, 0.5) is 0 Å². The predicted octanol–water partition coefficient (Wildman–Crippen LogP) is 1.22. The molecule has 0 aliphatic carbocycles. The molecular formula is C11H13N3. The third-order valence-electron chi connectivity index (χ3n) is 2.80. The highest BCUT2D eigenvalue weighted by Gasteiger charge is 2.16. The smallest absolute Gasteiger partial charge is 0.101 e. The fraction of sp³-hybridized carbons (Fsp3) is 0.455. The molecule has 2 rings (SSSR count). The highest BCUT2D eigenvalue weighted by Crippen LogP contribution is 2.21. The van der Waals surface area contributed by atoms with Crippen LogP contribution < -0.4 is 5.32 Å². The van der Waals surface area contributed by atoms with Crippen LogP contribution in [0, 0.1) is 25.2 Å². The molecule has 0 saturated heterocycles. The van der Waals surface area contributed by atoms with Crippen LogP contribution in [-0.2, 0) is 13.0 Å². The van der Waals surface area contributed by atoms with Crippen LogP contribution in [0.2, 0.25) is 0 Å². The summed E-state index contributed by atoms with van der Waals surface area (Å²) in [5.74, 6) is 0. The summed E-state index contributed by atoms with van der Waals surface area (Å²) < 4.78 is 0. The molecule has 0 aromatic carbocycles. The second-order valence-electron chi connectivity index (χ2n) is 3.66. The Kier molecular flexibility index (Phi) is 2.22. The largest absolute Gasteiger partial charge is 0.311 e. The lowest BCUT2D eigenvalue weighted by Gasteiger charge is -2.19. The lowest BCUT2D eigenvalue weighted by atomic mass is 9.96. The van der Waals surface area contributed by atoms with Gasteiger partial charge in [-0.3, -0.25) is 4.98 Å². The van der Waals surface area contributed by atoms with Crippen molar-refractivity contribution < 1.29 is 0 Å². The fourth-order valence-corrected chi connectivity index (χ4v) is 2.03. The van der Waals surface area contributed by atoms with Crippen molar-refractivity contribution in [3.05, 3.63) is 28.1 Å². The number of rotatable bonds is 0. The van der Waals surface area contributed by atoms with Crippen LogP contribution in [0.25, 0.3) is 0 Å². The van der Waals surface area contributed by atoms with E-state index < -0.39 is 0 Å². The van der Waals surface area contributed by atoms with Crippen LogP contribution in [-0.4, -0.2) is 11.5 Å². The topological polar surface area (TPSA) is 48.7 Å². The SMILES string of the molecule is Cc1nc2c(c(C)c1C#N)CCNC2. The average Bonchev–Trinajstić information content (AvgIpc) is 2.18. The van der Waals surface area contributed by atoms with Crippen molar-refractivity contribution >= 4 is 0 Å². The van der Waals surface area contributed by atoms with Crippen molar-refractivity contribution in [3.63, 3.8) is 0 Å². The van der Waals surface area contributed by atoms with E-state index in [0.29, 0.717) is 0 Å². The van der Waals surface area contributed by atoms with E-state index in [-0.39, 0.29) is 0 Å². The number of pyridine rings is 1. The van der Waals surface area contributed by atoms with Gasteiger partial charge in [-0.2, -0.15) is 5.26 Å². The minimum absolute atomic E-state index is 0.755. The molecule has 0 unspecified atom stereocenters. The zero-order valence-electron chi connectivity index (χ0n) is 8.52. The number of hydrogen-bond acceptors (Lipinski definition) is 3. The van der Waals surface area contributed by atoms with Gasteiger partial charge in [0.05, 0.1) is 17.0 Å². The van der Waals surface area contributed by atoms with Gasteiger partial charge in [0, 0.05) is 6.54 Å². The minimum atomic E-state index is 0.755. The van der Waals surface area contributed by atoms with Crippen molar-refractivity contribution in [1.82, 2.24) is 10.3 Å². The van der Waals surface area contributed by atoms with Crippen molar-refractivity contribution in [3.8, 4) is 6.07 Å². The molecule has 1 aliphatic rings. The Morgan fingerprint density at radius 3 is 2.93 bits per heavy atom. The first-order valence-corrected chi connectivity index (χ1v) is 4.84. The molecule has 1 aliphatic heterocycles. The van der Waals surface area contributed by atoms with Crippen molar-refractivity contribution in [2.24, 2.45) is 0 Å². The molecule has 0 saturated carbocycles.